The van der Waals surface area contributed by atoms with Crippen molar-refractivity contribution in [3.63, 3.8) is 0 Å². The Morgan fingerprint density at radius 1 is 0.745 bits per heavy atom. The first kappa shape index (κ1) is 36.7. The SMILES string of the molecule is CCn1c(=O)[nH]c(=O)c2[nH]c(C#Cc3ccc(OC)c(OC)c3)nc21.CCn1c(N)c(NC(=O)C#Cc2ccc(OC)c(OC)c2)c(=O)[nH]c1=O. The second kappa shape index (κ2) is 16.3. The number of aromatic amines is 3. The Morgan fingerprint density at radius 3 is 1.82 bits per heavy atom. The van der Waals surface area contributed by atoms with Gasteiger partial charge in [-0.05, 0) is 56.2 Å². The second-order valence-electron chi connectivity index (χ2n) is 10.1. The van der Waals surface area contributed by atoms with E-state index in [-0.39, 0.29) is 29.2 Å². The summed E-state index contributed by atoms with van der Waals surface area (Å²) < 4.78 is 23.2. The highest BCUT2D eigenvalue weighted by Gasteiger charge is 2.14. The third-order valence-corrected chi connectivity index (χ3v) is 7.16. The number of aryl methyl sites for hydroxylation is 1. The average Bonchev–Trinajstić information content (AvgIpc) is 3.56. The molecule has 0 unspecified atom stereocenters. The highest BCUT2D eigenvalue weighted by atomic mass is 16.5. The molecule has 3 aromatic heterocycles. The minimum absolute atomic E-state index is 0.137. The van der Waals surface area contributed by atoms with Crippen LogP contribution in [0.15, 0.2) is 55.6 Å². The molecular formula is C34H34N8O9. The van der Waals surface area contributed by atoms with Crippen molar-refractivity contribution in [2.75, 3.05) is 39.5 Å². The van der Waals surface area contributed by atoms with Gasteiger partial charge in [0.2, 0.25) is 0 Å². The van der Waals surface area contributed by atoms with Crippen LogP contribution in [0, 0.1) is 23.7 Å². The zero-order valence-electron chi connectivity index (χ0n) is 28.5. The number of benzene rings is 2. The summed E-state index contributed by atoms with van der Waals surface area (Å²) in [5.74, 6) is 12.4. The molecule has 264 valence electrons. The van der Waals surface area contributed by atoms with Gasteiger partial charge >= 0.3 is 17.3 Å². The van der Waals surface area contributed by atoms with Gasteiger partial charge in [-0.2, -0.15) is 0 Å². The number of fused-ring (bicyclic) bond motifs is 1. The third kappa shape index (κ3) is 8.30. The molecule has 5 aromatic rings. The van der Waals surface area contributed by atoms with Gasteiger partial charge in [0.15, 0.2) is 40.0 Å². The van der Waals surface area contributed by atoms with Crippen LogP contribution in [0.5, 0.6) is 23.0 Å². The number of imidazole rings is 1. The maximum atomic E-state index is 12.0. The van der Waals surface area contributed by atoms with Crippen LogP contribution in [-0.4, -0.2) is 63.4 Å². The van der Waals surface area contributed by atoms with Crippen LogP contribution >= 0.6 is 0 Å². The van der Waals surface area contributed by atoms with Gasteiger partial charge in [0.1, 0.15) is 11.5 Å². The van der Waals surface area contributed by atoms with Crippen LogP contribution < -0.4 is 52.5 Å². The molecule has 0 aliphatic carbocycles. The number of ether oxygens (including phenoxy) is 4. The van der Waals surface area contributed by atoms with Crippen molar-refractivity contribution in [1.82, 2.24) is 29.1 Å². The molecule has 17 nitrogen and oxygen atoms in total. The quantitative estimate of drug-likeness (QED) is 0.151. The second-order valence-corrected chi connectivity index (χ2v) is 10.1. The molecule has 2 aromatic carbocycles. The number of H-pyrrole nitrogens is 3. The van der Waals surface area contributed by atoms with E-state index in [1.165, 1.54) is 18.8 Å². The molecule has 0 spiro atoms. The number of anilines is 2. The largest absolute Gasteiger partial charge is 0.493 e. The number of nitrogen functional groups attached to an aromatic ring is 1. The predicted molar refractivity (Wildman–Crippen MR) is 189 cm³/mol. The highest BCUT2D eigenvalue weighted by Crippen LogP contribution is 2.28. The molecule has 0 saturated carbocycles. The number of hydrogen-bond donors (Lipinski definition) is 5. The molecule has 0 fully saturated rings. The van der Waals surface area contributed by atoms with E-state index in [1.54, 1.807) is 64.5 Å². The summed E-state index contributed by atoms with van der Waals surface area (Å²) in [6.07, 6.45) is 0. The molecule has 0 aliphatic rings. The van der Waals surface area contributed by atoms with E-state index in [2.05, 4.69) is 48.9 Å². The molecule has 6 N–H and O–H groups in total. The molecule has 0 bridgehead atoms. The van der Waals surface area contributed by atoms with Crippen LogP contribution in [0.2, 0.25) is 0 Å². The lowest BCUT2D eigenvalue weighted by Crippen LogP contribution is -2.34. The fourth-order valence-electron chi connectivity index (χ4n) is 4.65. The van der Waals surface area contributed by atoms with Crippen LogP contribution in [0.1, 0.15) is 30.8 Å². The maximum Gasteiger partial charge on any atom is 0.330 e. The lowest BCUT2D eigenvalue weighted by atomic mass is 10.2. The van der Waals surface area contributed by atoms with Crippen LogP contribution in [0.4, 0.5) is 11.5 Å². The third-order valence-electron chi connectivity index (χ3n) is 7.16. The van der Waals surface area contributed by atoms with E-state index in [0.717, 1.165) is 4.57 Å². The lowest BCUT2D eigenvalue weighted by molar-refractivity contribution is -0.111. The van der Waals surface area contributed by atoms with Crippen LogP contribution in [0.25, 0.3) is 11.2 Å². The van der Waals surface area contributed by atoms with Crippen LogP contribution in [0.3, 0.4) is 0 Å². The van der Waals surface area contributed by atoms with Gasteiger partial charge in [-0.15, -0.1) is 0 Å². The van der Waals surface area contributed by atoms with E-state index < -0.39 is 28.4 Å². The first-order valence-electron chi connectivity index (χ1n) is 15.1. The minimum atomic E-state index is -0.793. The number of rotatable bonds is 7. The number of methoxy groups -OCH3 is 4. The number of nitrogens with one attached hydrogen (secondary N) is 4. The zero-order chi connectivity index (χ0) is 37.2. The molecule has 51 heavy (non-hydrogen) atoms. The molecule has 17 heteroatoms. The number of nitrogens with zero attached hydrogens (tertiary/aromatic N) is 3. The fourth-order valence-corrected chi connectivity index (χ4v) is 4.65. The highest BCUT2D eigenvalue weighted by molar-refractivity contribution is 6.05. The topological polar surface area (TPSA) is 230 Å². The standard InChI is InChI=1S/C17H18N4O5.C17H16N4O4/c1-4-21-15(18)14(16(23)20-17(21)24)19-13(22)8-6-10-5-7-11(25-2)12(9-10)26-3;1-4-21-15-14(16(22)20-17(21)23)18-13(19-15)8-6-10-5-7-11(24-2)12(9-10)25-3/h5,7,9H,4,18H2,1-3H3,(H,19,22)(H,20,23,24);5,7,9H,4H2,1-3H3,(H,18,19)(H,20,22,23). The first-order chi connectivity index (χ1) is 24.5. The first-order valence-corrected chi connectivity index (χ1v) is 15.1. The molecule has 5 rings (SSSR count). The van der Waals surface area contributed by atoms with Crippen molar-refractivity contribution in [1.29, 1.82) is 0 Å². The van der Waals surface area contributed by atoms with E-state index >= 15 is 0 Å². The van der Waals surface area contributed by atoms with Crippen molar-refractivity contribution in [2.24, 2.45) is 0 Å². The Kier molecular flexibility index (Phi) is 11.7. The number of aromatic nitrogens is 6. The molecule has 0 saturated heterocycles. The molecular weight excluding hydrogens is 664 g/mol. The molecule has 0 atom stereocenters. The van der Waals surface area contributed by atoms with Gasteiger partial charge < -0.3 is 35.0 Å². The molecule has 3 heterocycles. The van der Waals surface area contributed by atoms with E-state index in [0.29, 0.717) is 46.5 Å². The number of hydrogen-bond acceptors (Lipinski definition) is 11. The van der Waals surface area contributed by atoms with E-state index in [1.807, 2.05) is 0 Å². The Labute approximate surface area is 289 Å². The van der Waals surface area contributed by atoms with Crippen molar-refractivity contribution in [3.05, 3.63) is 95.0 Å². The summed E-state index contributed by atoms with van der Waals surface area (Å²) in [4.78, 5) is 70.6. The lowest BCUT2D eigenvalue weighted by Gasteiger charge is -2.10. The van der Waals surface area contributed by atoms with Crippen molar-refractivity contribution in [3.8, 4) is 46.7 Å². The van der Waals surface area contributed by atoms with Gasteiger partial charge in [-0.25, -0.2) is 14.6 Å². The number of amides is 1. The molecule has 0 radical (unpaired) electrons. The normalized spacial score (nSPS) is 10.1. The monoisotopic (exact) mass is 698 g/mol. The minimum Gasteiger partial charge on any atom is -0.493 e. The van der Waals surface area contributed by atoms with Gasteiger partial charge in [-0.1, -0.05) is 11.8 Å². The number of nitrogens with two attached hydrogens (primary N) is 1. The van der Waals surface area contributed by atoms with Gasteiger partial charge in [0.05, 0.1) is 28.4 Å². The van der Waals surface area contributed by atoms with Crippen molar-refractivity contribution < 1.29 is 23.7 Å². The van der Waals surface area contributed by atoms with Crippen LogP contribution in [-0.2, 0) is 17.9 Å². The van der Waals surface area contributed by atoms with Crippen molar-refractivity contribution >= 4 is 28.6 Å². The molecule has 0 aliphatic heterocycles. The summed E-state index contributed by atoms with van der Waals surface area (Å²) in [7, 11) is 6.10. The Morgan fingerprint density at radius 2 is 1.27 bits per heavy atom. The summed E-state index contributed by atoms with van der Waals surface area (Å²) in [5.41, 5.74) is 4.81. The fraction of sp³-hybridized carbons (Fsp3) is 0.235. The summed E-state index contributed by atoms with van der Waals surface area (Å²) in [5, 5.41) is 2.30. The smallest absolute Gasteiger partial charge is 0.330 e. The average molecular weight is 699 g/mol. The maximum absolute atomic E-state index is 12.0. The summed E-state index contributed by atoms with van der Waals surface area (Å²) >= 11 is 0. The Balaban J connectivity index is 0.000000229. The van der Waals surface area contributed by atoms with Gasteiger partial charge in [0.25, 0.3) is 11.1 Å². The number of carbonyl (C=O) groups excluding carboxylic acids is 1. The van der Waals surface area contributed by atoms with Crippen molar-refractivity contribution in [2.45, 2.75) is 26.9 Å². The van der Waals surface area contributed by atoms with E-state index in [4.69, 9.17) is 24.7 Å². The summed E-state index contributed by atoms with van der Waals surface area (Å²) in [6, 6.07) is 10.2. The predicted octanol–water partition coefficient (Wildman–Crippen LogP) is 0.996. The molecule has 1 amide bonds. The van der Waals surface area contributed by atoms with Gasteiger partial charge in [0, 0.05) is 30.1 Å². The number of carbonyl (C=O) groups is 1. The zero-order valence-corrected chi connectivity index (χ0v) is 28.5. The Hall–Kier alpha value is -7.14. The van der Waals surface area contributed by atoms with Gasteiger partial charge in [-0.3, -0.25) is 33.5 Å². The summed E-state index contributed by atoms with van der Waals surface area (Å²) in [6.45, 7) is 4.10. The van der Waals surface area contributed by atoms with E-state index in [9.17, 15) is 24.0 Å². The Bertz CT molecular complexity index is 2470.